The van der Waals surface area contributed by atoms with Crippen LogP contribution in [-0.4, -0.2) is 35.9 Å². The standard InChI is InChI=1S/C27H22ClN3O4S/c1-33-22-12-17(13-23(34-2)24(22)35-3)25-30-21-7-5-4-6-20(21)27(32)31(25)14-19-15-36-26(29-19)16-8-10-18(28)11-9-16/h4-13,15H,14H2,1-3H3. The van der Waals surface area contributed by atoms with Crippen molar-refractivity contribution in [2.45, 2.75) is 6.54 Å². The summed E-state index contributed by atoms with van der Waals surface area (Å²) < 4.78 is 18.2. The van der Waals surface area contributed by atoms with Crippen molar-refractivity contribution in [3.05, 3.63) is 87.1 Å². The summed E-state index contributed by atoms with van der Waals surface area (Å²) in [5.41, 5.74) is 2.80. The monoisotopic (exact) mass is 519 g/mol. The Balaban J connectivity index is 1.66. The van der Waals surface area contributed by atoms with Crippen LogP contribution in [0.3, 0.4) is 0 Å². The highest BCUT2D eigenvalue weighted by molar-refractivity contribution is 7.13. The summed E-state index contributed by atoms with van der Waals surface area (Å²) in [4.78, 5) is 23.3. The van der Waals surface area contributed by atoms with Gasteiger partial charge in [-0.2, -0.15) is 0 Å². The molecule has 0 aliphatic heterocycles. The number of ether oxygens (including phenoxy) is 3. The molecule has 0 fully saturated rings. The van der Waals surface area contributed by atoms with Crippen molar-refractivity contribution in [2.24, 2.45) is 0 Å². The number of fused-ring (bicyclic) bond motifs is 1. The first kappa shape index (κ1) is 23.8. The summed E-state index contributed by atoms with van der Waals surface area (Å²) in [7, 11) is 4.65. The molecule has 0 saturated carbocycles. The summed E-state index contributed by atoms with van der Waals surface area (Å²) in [6.45, 7) is 0.243. The number of para-hydroxylation sites is 1. The van der Waals surface area contributed by atoms with Gasteiger partial charge in [-0.05, 0) is 36.4 Å². The van der Waals surface area contributed by atoms with Gasteiger partial charge in [-0.1, -0.05) is 35.9 Å². The lowest BCUT2D eigenvalue weighted by atomic mass is 10.1. The van der Waals surface area contributed by atoms with Crippen LogP contribution < -0.4 is 19.8 Å². The van der Waals surface area contributed by atoms with Gasteiger partial charge in [0.1, 0.15) is 10.8 Å². The van der Waals surface area contributed by atoms with Crippen LogP contribution in [0.2, 0.25) is 5.02 Å². The van der Waals surface area contributed by atoms with Gasteiger partial charge in [0, 0.05) is 21.5 Å². The molecule has 0 amide bonds. The van der Waals surface area contributed by atoms with Gasteiger partial charge < -0.3 is 14.2 Å². The third kappa shape index (κ3) is 4.41. The second kappa shape index (κ2) is 10.0. The molecule has 7 nitrogen and oxygen atoms in total. The van der Waals surface area contributed by atoms with Crippen LogP contribution in [0.25, 0.3) is 32.9 Å². The molecule has 0 saturated heterocycles. The zero-order valence-electron chi connectivity index (χ0n) is 19.8. The summed E-state index contributed by atoms with van der Waals surface area (Å²) in [6, 6.07) is 18.4. The Morgan fingerprint density at radius 2 is 1.58 bits per heavy atom. The van der Waals surface area contributed by atoms with Gasteiger partial charge in [-0.15, -0.1) is 11.3 Å². The van der Waals surface area contributed by atoms with Gasteiger partial charge in [0.15, 0.2) is 11.5 Å². The van der Waals surface area contributed by atoms with E-state index in [-0.39, 0.29) is 12.1 Å². The first-order valence-corrected chi connectivity index (χ1v) is 12.3. The Labute approximate surface area is 216 Å². The SMILES string of the molecule is COc1cc(-c2nc3ccccc3c(=O)n2Cc2csc(-c3ccc(Cl)cc3)n2)cc(OC)c1OC. The third-order valence-electron chi connectivity index (χ3n) is 5.75. The first-order valence-electron chi connectivity index (χ1n) is 11.0. The number of nitrogens with zero attached hydrogens (tertiary/aromatic N) is 3. The van der Waals surface area contributed by atoms with Crippen molar-refractivity contribution < 1.29 is 14.2 Å². The predicted molar refractivity (Wildman–Crippen MR) is 143 cm³/mol. The third-order valence-corrected chi connectivity index (χ3v) is 6.94. The molecular weight excluding hydrogens is 498 g/mol. The highest BCUT2D eigenvalue weighted by Crippen LogP contribution is 2.41. The molecule has 0 spiro atoms. The van der Waals surface area contributed by atoms with E-state index in [4.69, 9.17) is 35.8 Å². The van der Waals surface area contributed by atoms with Crippen LogP contribution in [0, 0.1) is 0 Å². The summed E-state index contributed by atoms with van der Waals surface area (Å²) in [6.07, 6.45) is 0. The van der Waals surface area contributed by atoms with E-state index in [2.05, 4.69) is 0 Å². The molecule has 9 heteroatoms. The second-order valence-electron chi connectivity index (χ2n) is 7.91. The van der Waals surface area contributed by atoms with E-state index in [1.807, 2.05) is 47.8 Å². The van der Waals surface area contributed by atoms with E-state index in [0.29, 0.717) is 44.6 Å². The zero-order chi connectivity index (χ0) is 25.2. The molecule has 0 radical (unpaired) electrons. The molecule has 2 aromatic heterocycles. The maximum Gasteiger partial charge on any atom is 0.262 e. The van der Waals surface area contributed by atoms with E-state index in [1.165, 1.54) is 11.3 Å². The van der Waals surface area contributed by atoms with Gasteiger partial charge in [0.05, 0.1) is 44.5 Å². The van der Waals surface area contributed by atoms with Crippen LogP contribution in [0.4, 0.5) is 0 Å². The molecule has 0 aliphatic rings. The molecule has 0 unspecified atom stereocenters. The van der Waals surface area contributed by atoms with Gasteiger partial charge in [-0.3, -0.25) is 9.36 Å². The largest absolute Gasteiger partial charge is 0.493 e. The average Bonchev–Trinajstić information content (AvgIpc) is 3.38. The van der Waals surface area contributed by atoms with E-state index < -0.39 is 0 Å². The van der Waals surface area contributed by atoms with Crippen LogP contribution >= 0.6 is 22.9 Å². The van der Waals surface area contributed by atoms with Crippen molar-refractivity contribution in [1.29, 1.82) is 0 Å². The fourth-order valence-corrected chi connectivity index (χ4v) is 4.95. The van der Waals surface area contributed by atoms with Crippen molar-refractivity contribution in [2.75, 3.05) is 21.3 Å². The smallest absolute Gasteiger partial charge is 0.262 e. The number of halogens is 1. The lowest BCUT2D eigenvalue weighted by Gasteiger charge is -2.17. The number of aromatic nitrogens is 3. The fourth-order valence-electron chi connectivity index (χ4n) is 4.01. The predicted octanol–water partition coefficient (Wildman–Crippen LogP) is 5.91. The number of rotatable bonds is 7. The molecule has 0 bridgehead atoms. The Kier molecular flexibility index (Phi) is 6.63. The van der Waals surface area contributed by atoms with Gasteiger partial charge >= 0.3 is 0 Å². The van der Waals surface area contributed by atoms with Gasteiger partial charge in [0.2, 0.25) is 5.75 Å². The molecule has 0 aliphatic carbocycles. The zero-order valence-corrected chi connectivity index (χ0v) is 21.4. The number of hydrogen-bond donors (Lipinski definition) is 0. The lowest BCUT2D eigenvalue weighted by Crippen LogP contribution is -2.24. The second-order valence-corrected chi connectivity index (χ2v) is 9.20. The van der Waals surface area contributed by atoms with Crippen molar-refractivity contribution in [3.8, 4) is 39.2 Å². The minimum Gasteiger partial charge on any atom is -0.493 e. The molecular formula is C27H22ClN3O4S. The van der Waals surface area contributed by atoms with E-state index >= 15 is 0 Å². The maximum absolute atomic E-state index is 13.7. The molecule has 0 atom stereocenters. The van der Waals surface area contributed by atoms with E-state index in [9.17, 15) is 4.79 Å². The highest BCUT2D eigenvalue weighted by atomic mass is 35.5. The fraction of sp³-hybridized carbons (Fsp3) is 0.148. The number of thiazole rings is 1. The number of hydrogen-bond acceptors (Lipinski definition) is 7. The quantitative estimate of drug-likeness (QED) is 0.266. The maximum atomic E-state index is 13.7. The molecule has 5 aromatic rings. The lowest BCUT2D eigenvalue weighted by molar-refractivity contribution is 0.324. The molecule has 2 heterocycles. The first-order chi connectivity index (χ1) is 17.5. The molecule has 0 N–H and O–H groups in total. The average molecular weight is 520 g/mol. The molecule has 182 valence electrons. The summed E-state index contributed by atoms with van der Waals surface area (Å²) in [5.74, 6) is 1.88. The van der Waals surface area contributed by atoms with Crippen LogP contribution in [0.15, 0.2) is 70.8 Å². The molecule has 5 rings (SSSR count). The summed E-state index contributed by atoms with van der Waals surface area (Å²) >= 11 is 7.54. The summed E-state index contributed by atoms with van der Waals surface area (Å²) in [5, 5.41) is 3.99. The van der Waals surface area contributed by atoms with Crippen LogP contribution in [0.5, 0.6) is 17.2 Å². The Bertz CT molecular complexity index is 1590. The number of methoxy groups -OCH3 is 3. The van der Waals surface area contributed by atoms with Crippen LogP contribution in [-0.2, 0) is 6.54 Å². The topological polar surface area (TPSA) is 75.5 Å². The van der Waals surface area contributed by atoms with E-state index in [1.54, 1.807) is 44.1 Å². The normalized spacial score (nSPS) is 11.0. The Hall–Kier alpha value is -3.88. The molecule has 3 aromatic carbocycles. The minimum atomic E-state index is -0.162. The van der Waals surface area contributed by atoms with Crippen molar-refractivity contribution in [1.82, 2.24) is 14.5 Å². The van der Waals surface area contributed by atoms with Crippen molar-refractivity contribution >= 4 is 33.8 Å². The van der Waals surface area contributed by atoms with Gasteiger partial charge in [0.25, 0.3) is 5.56 Å². The Morgan fingerprint density at radius 3 is 2.25 bits per heavy atom. The van der Waals surface area contributed by atoms with Crippen LogP contribution in [0.1, 0.15) is 5.69 Å². The highest BCUT2D eigenvalue weighted by Gasteiger charge is 2.20. The van der Waals surface area contributed by atoms with Gasteiger partial charge in [-0.25, -0.2) is 9.97 Å². The number of benzene rings is 3. The Morgan fingerprint density at radius 1 is 0.889 bits per heavy atom. The van der Waals surface area contributed by atoms with Crippen molar-refractivity contribution in [3.63, 3.8) is 0 Å². The van der Waals surface area contributed by atoms with E-state index in [0.717, 1.165) is 16.3 Å². The molecule has 36 heavy (non-hydrogen) atoms. The minimum absolute atomic E-state index is 0.162.